The summed E-state index contributed by atoms with van der Waals surface area (Å²) in [6.45, 7) is 0.288. The van der Waals surface area contributed by atoms with E-state index in [0.717, 1.165) is 16.9 Å². The highest BCUT2D eigenvalue weighted by Crippen LogP contribution is 2.13. The van der Waals surface area contributed by atoms with Crippen LogP contribution in [-0.2, 0) is 16.4 Å². The predicted molar refractivity (Wildman–Crippen MR) is 83.8 cm³/mol. The van der Waals surface area contributed by atoms with Gasteiger partial charge in [-0.15, -0.1) is 11.3 Å². The number of imidazole rings is 1. The molecule has 0 aliphatic rings. The molecular weight excluding hydrogens is 322 g/mol. The summed E-state index contributed by atoms with van der Waals surface area (Å²) < 4.78 is 24.9. The molecule has 0 aliphatic carbocycles. The van der Waals surface area contributed by atoms with Crippen molar-refractivity contribution in [1.29, 1.82) is 0 Å². The molecule has 0 bridgehead atoms. The van der Waals surface area contributed by atoms with Crippen molar-refractivity contribution < 1.29 is 13.2 Å². The summed E-state index contributed by atoms with van der Waals surface area (Å²) in [5.41, 5.74) is 1.06. The van der Waals surface area contributed by atoms with Crippen molar-refractivity contribution in [3.05, 3.63) is 53.3 Å². The highest BCUT2D eigenvalue weighted by molar-refractivity contribution is 7.90. The van der Waals surface area contributed by atoms with E-state index >= 15 is 0 Å². The van der Waals surface area contributed by atoms with Gasteiger partial charge in [0.05, 0.1) is 17.1 Å². The van der Waals surface area contributed by atoms with Gasteiger partial charge in [0.1, 0.15) is 0 Å². The molecule has 0 saturated heterocycles. The number of fused-ring (bicyclic) bond motifs is 1. The molecule has 8 heteroatoms. The second-order valence-corrected chi connectivity index (χ2v) is 7.70. The van der Waals surface area contributed by atoms with Crippen molar-refractivity contribution in [1.82, 2.24) is 14.7 Å². The number of aromatic nitrogens is 2. The largest absolute Gasteiger partial charge is 0.346 e. The Bertz CT molecular complexity index is 913. The molecule has 2 heterocycles. The van der Waals surface area contributed by atoms with Crippen LogP contribution in [0.5, 0.6) is 0 Å². The van der Waals surface area contributed by atoms with Crippen LogP contribution < -0.4 is 5.32 Å². The van der Waals surface area contributed by atoms with Crippen molar-refractivity contribution in [2.75, 3.05) is 6.26 Å². The number of hydrogen-bond acceptors (Lipinski definition) is 5. The van der Waals surface area contributed by atoms with E-state index in [1.54, 1.807) is 12.1 Å². The van der Waals surface area contributed by atoms with Gasteiger partial charge in [0, 0.05) is 29.6 Å². The van der Waals surface area contributed by atoms with E-state index in [9.17, 15) is 13.2 Å². The summed E-state index contributed by atoms with van der Waals surface area (Å²) in [6.07, 6.45) is 4.86. The van der Waals surface area contributed by atoms with Crippen LogP contribution in [0.2, 0.25) is 0 Å². The number of benzene rings is 1. The molecule has 0 aliphatic heterocycles. The lowest BCUT2D eigenvalue weighted by Gasteiger charge is -2.05. The van der Waals surface area contributed by atoms with Crippen LogP contribution >= 0.6 is 11.3 Å². The van der Waals surface area contributed by atoms with Crippen LogP contribution in [0.25, 0.3) is 4.96 Å². The van der Waals surface area contributed by atoms with Crippen LogP contribution in [-0.4, -0.2) is 30.0 Å². The van der Waals surface area contributed by atoms with E-state index in [4.69, 9.17) is 0 Å². The molecule has 1 amide bonds. The van der Waals surface area contributed by atoms with Gasteiger partial charge in [0.15, 0.2) is 14.8 Å². The molecule has 2 aromatic heterocycles. The fourth-order valence-electron chi connectivity index (χ4n) is 2.00. The number of amides is 1. The summed E-state index contributed by atoms with van der Waals surface area (Å²) in [5, 5.41) is 4.67. The van der Waals surface area contributed by atoms with Crippen LogP contribution in [0.15, 0.2) is 46.9 Å². The minimum atomic E-state index is -3.33. The quantitative estimate of drug-likeness (QED) is 0.787. The molecule has 3 aromatic rings. The summed E-state index contributed by atoms with van der Waals surface area (Å²) >= 11 is 1.52. The molecule has 0 spiro atoms. The average Bonchev–Trinajstić information content (AvgIpc) is 3.05. The third kappa shape index (κ3) is 3.02. The third-order valence-corrected chi connectivity index (χ3v) is 4.98. The first-order valence-corrected chi connectivity index (χ1v) is 9.20. The molecule has 1 aromatic carbocycles. The molecular formula is C14H13N3O3S2. The van der Waals surface area contributed by atoms with Gasteiger partial charge < -0.3 is 5.32 Å². The number of sulfone groups is 1. The maximum atomic E-state index is 12.1. The fourth-order valence-corrected chi connectivity index (χ4v) is 3.39. The van der Waals surface area contributed by atoms with Crippen molar-refractivity contribution >= 4 is 32.0 Å². The summed E-state index contributed by atoms with van der Waals surface area (Å²) in [6, 6.07) is 5.97. The molecule has 1 N–H and O–H groups in total. The van der Waals surface area contributed by atoms with E-state index < -0.39 is 9.84 Å². The SMILES string of the molecule is CS(=O)(=O)c1cccc(C(=O)NCc2cn3ccsc3n2)c1. The number of carbonyl (C=O) groups excluding carboxylic acids is 1. The number of nitrogens with zero attached hydrogens (tertiary/aromatic N) is 2. The van der Waals surface area contributed by atoms with Gasteiger partial charge in [-0.3, -0.25) is 9.20 Å². The first kappa shape index (κ1) is 14.7. The Hall–Kier alpha value is -2.19. The Balaban J connectivity index is 1.73. The molecule has 0 radical (unpaired) electrons. The Labute approximate surface area is 131 Å². The van der Waals surface area contributed by atoms with Gasteiger partial charge in [-0.05, 0) is 18.2 Å². The van der Waals surface area contributed by atoms with Crippen molar-refractivity contribution in [3.8, 4) is 0 Å². The van der Waals surface area contributed by atoms with Crippen LogP contribution in [0.3, 0.4) is 0 Å². The number of nitrogens with one attached hydrogen (secondary N) is 1. The predicted octanol–water partition coefficient (Wildman–Crippen LogP) is 1.73. The van der Waals surface area contributed by atoms with Crippen molar-refractivity contribution in [2.24, 2.45) is 0 Å². The molecule has 0 saturated carbocycles. The Kier molecular flexibility index (Phi) is 3.71. The molecule has 6 nitrogen and oxygen atoms in total. The van der Waals surface area contributed by atoms with Gasteiger partial charge in [-0.2, -0.15) is 0 Å². The first-order chi connectivity index (χ1) is 10.4. The zero-order valence-corrected chi connectivity index (χ0v) is 13.3. The standard InChI is InChI=1S/C14H13N3O3S2/c1-22(19,20)12-4-2-3-10(7-12)13(18)15-8-11-9-17-5-6-21-14(17)16-11/h2-7,9H,8H2,1H3,(H,15,18). The van der Waals surface area contributed by atoms with Crippen LogP contribution in [0, 0.1) is 0 Å². The van der Waals surface area contributed by atoms with E-state index in [2.05, 4.69) is 10.3 Å². The van der Waals surface area contributed by atoms with Crippen molar-refractivity contribution in [3.63, 3.8) is 0 Å². The molecule has 22 heavy (non-hydrogen) atoms. The number of hydrogen-bond donors (Lipinski definition) is 1. The minimum absolute atomic E-state index is 0.127. The summed E-state index contributed by atoms with van der Waals surface area (Å²) in [7, 11) is -3.33. The second-order valence-electron chi connectivity index (χ2n) is 4.81. The highest BCUT2D eigenvalue weighted by atomic mass is 32.2. The summed E-state index contributed by atoms with van der Waals surface area (Å²) in [4.78, 5) is 17.5. The average molecular weight is 335 g/mol. The molecule has 0 fully saturated rings. The first-order valence-electron chi connectivity index (χ1n) is 6.43. The number of carbonyl (C=O) groups is 1. The van der Waals surface area contributed by atoms with Crippen molar-refractivity contribution in [2.45, 2.75) is 11.4 Å². The zero-order chi connectivity index (χ0) is 15.7. The van der Waals surface area contributed by atoms with E-state index in [0.29, 0.717) is 5.56 Å². The monoisotopic (exact) mass is 335 g/mol. The Morgan fingerprint density at radius 1 is 1.41 bits per heavy atom. The molecule has 3 rings (SSSR count). The Morgan fingerprint density at radius 3 is 2.95 bits per heavy atom. The number of thiazole rings is 1. The second kappa shape index (κ2) is 5.54. The van der Waals surface area contributed by atoms with E-state index in [-0.39, 0.29) is 17.3 Å². The molecule has 0 atom stereocenters. The maximum Gasteiger partial charge on any atom is 0.251 e. The molecule has 114 valence electrons. The van der Waals surface area contributed by atoms with Gasteiger partial charge in [-0.25, -0.2) is 13.4 Å². The van der Waals surface area contributed by atoms with Gasteiger partial charge in [0.25, 0.3) is 5.91 Å². The van der Waals surface area contributed by atoms with Crippen LogP contribution in [0.4, 0.5) is 0 Å². The highest BCUT2D eigenvalue weighted by Gasteiger charge is 2.12. The van der Waals surface area contributed by atoms with Gasteiger partial charge in [-0.1, -0.05) is 6.07 Å². The van der Waals surface area contributed by atoms with Gasteiger partial charge in [0.2, 0.25) is 0 Å². The fraction of sp³-hybridized carbons (Fsp3) is 0.143. The molecule has 0 unspecified atom stereocenters. The topological polar surface area (TPSA) is 80.5 Å². The lowest BCUT2D eigenvalue weighted by molar-refractivity contribution is 0.0950. The van der Waals surface area contributed by atoms with Gasteiger partial charge >= 0.3 is 0 Å². The van der Waals surface area contributed by atoms with E-state index in [1.807, 2.05) is 22.2 Å². The smallest absolute Gasteiger partial charge is 0.251 e. The lowest BCUT2D eigenvalue weighted by Crippen LogP contribution is -2.23. The van der Waals surface area contributed by atoms with Crippen LogP contribution in [0.1, 0.15) is 16.1 Å². The normalized spacial score (nSPS) is 11.7. The zero-order valence-electron chi connectivity index (χ0n) is 11.7. The maximum absolute atomic E-state index is 12.1. The Morgan fingerprint density at radius 2 is 2.23 bits per heavy atom. The van der Waals surface area contributed by atoms with E-state index in [1.165, 1.54) is 23.5 Å². The third-order valence-electron chi connectivity index (χ3n) is 3.10. The number of rotatable bonds is 4. The lowest BCUT2D eigenvalue weighted by atomic mass is 10.2. The minimum Gasteiger partial charge on any atom is -0.346 e. The summed E-state index contributed by atoms with van der Waals surface area (Å²) in [5.74, 6) is -0.332.